The third-order valence-electron chi connectivity index (χ3n) is 3.32. The third-order valence-corrected chi connectivity index (χ3v) is 3.62. The summed E-state index contributed by atoms with van der Waals surface area (Å²) in [5, 5.41) is 0. The van der Waals surface area contributed by atoms with E-state index >= 15 is 0 Å². The minimum absolute atomic E-state index is 0.447. The molecule has 98 valence electrons. The molecule has 2 rings (SSSR count). The summed E-state index contributed by atoms with van der Waals surface area (Å²) in [7, 11) is 0. The van der Waals surface area contributed by atoms with E-state index < -0.39 is 0 Å². The lowest BCUT2D eigenvalue weighted by Crippen LogP contribution is -2.06. The van der Waals surface area contributed by atoms with E-state index in [9.17, 15) is 0 Å². The van der Waals surface area contributed by atoms with E-state index in [2.05, 4.69) is 29.5 Å². The summed E-state index contributed by atoms with van der Waals surface area (Å²) in [6.45, 7) is 7.05. The average molecular weight is 264 g/mol. The number of aromatic amines is 1. The summed E-state index contributed by atoms with van der Waals surface area (Å²) < 4.78 is 8.64. The van der Waals surface area contributed by atoms with Gasteiger partial charge in [-0.25, -0.2) is 0 Å². The maximum Gasteiger partial charge on any atom is 0.178 e. The highest BCUT2D eigenvalue weighted by atomic mass is 32.1. The van der Waals surface area contributed by atoms with Crippen LogP contribution >= 0.6 is 12.2 Å². The van der Waals surface area contributed by atoms with Crippen LogP contribution in [0.1, 0.15) is 39.7 Å². The van der Waals surface area contributed by atoms with Crippen molar-refractivity contribution in [1.82, 2.24) is 9.55 Å². The Kier molecular flexibility index (Phi) is 4.07. The number of rotatable bonds is 5. The molecule has 0 amide bonds. The fraction of sp³-hybridized carbons (Fsp3) is 0.500. The Morgan fingerprint density at radius 3 is 2.61 bits per heavy atom. The van der Waals surface area contributed by atoms with Crippen molar-refractivity contribution in [2.75, 3.05) is 6.61 Å². The molecule has 1 heterocycles. The lowest BCUT2D eigenvalue weighted by atomic mass is 10.1. The van der Waals surface area contributed by atoms with Crippen LogP contribution in [0.15, 0.2) is 18.2 Å². The van der Waals surface area contributed by atoms with E-state index in [1.807, 2.05) is 19.1 Å². The van der Waals surface area contributed by atoms with Crippen LogP contribution in [0.4, 0.5) is 0 Å². The molecule has 2 aromatic rings. The molecule has 0 saturated carbocycles. The van der Waals surface area contributed by atoms with Crippen LogP contribution in [0.2, 0.25) is 0 Å². The highest BCUT2D eigenvalue weighted by molar-refractivity contribution is 7.71. The smallest absolute Gasteiger partial charge is 0.178 e. The summed E-state index contributed by atoms with van der Waals surface area (Å²) in [4.78, 5) is 3.28. The summed E-state index contributed by atoms with van der Waals surface area (Å²) in [5.74, 6) is 0.880. The Balaban J connectivity index is 2.65. The maximum absolute atomic E-state index is 5.64. The van der Waals surface area contributed by atoms with Gasteiger partial charge in [0.25, 0.3) is 0 Å². The van der Waals surface area contributed by atoms with Gasteiger partial charge in [0, 0.05) is 6.04 Å². The van der Waals surface area contributed by atoms with Gasteiger partial charge in [-0.05, 0) is 44.1 Å². The van der Waals surface area contributed by atoms with Gasteiger partial charge in [-0.1, -0.05) is 19.9 Å². The molecule has 0 radical (unpaired) electrons. The fourth-order valence-electron chi connectivity index (χ4n) is 2.41. The van der Waals surface area contributed by atoms with Gasteiger partial charge in [-0.3, -0.25) is 0 Å². The molecule has 3 nitrogen and oxygen atoms in total. The molecular formula is C14H20N2OS. The van der Waals surface area contributed by atoms with Crippen LogP contribution in [-0.2, 0) is 0 Å². The molecule has 0 spiro atoms. The lowest BCUT2D eigenvalue weighted by Gasteiger charge is -2.15. The van der Waals surface area contributed by atoms with E-state index in [-0.39, 0.29) is 0 Å². The summed E-state index contributed by atoms with van der Waals surface area (Å²) in [6, 6.07) is 6.55. The lowest BCUT2D eigenvalue weighted by molar-refractivity contribution is 0.343. The van der Waals surface area contributed by atoms with Crippen LogP contribution < -0.4 is 4.74 Å². The van der Waals surface area contributed by atoms with Crippen molar-refractivity contribution in [3.05, 3.63) is 23.0 Å². The van der Waals surface area contributed by atoms with Gasteiger partial charge < -0.3 is 14.3 Å². The number of para-hydroxylation sites is 1. The van der Waals surface area contributed by atoms with E-state index in [0.29, 0.717) is 12.6 Å². The predicted octanol–water partition coefficient (Wildman–Crippen LogP) is 4.46. The molecule has 1 aromatic heterocycles. The Labute approximate surface area is 113 Å². The minimum atomic E-state index is 0.447. The third kappa shape index (κ3) is 2.17. The quantitative estimate of drug-likeness (QED) is 0.808. The molecule has 0 aliphatic heterocycles. The SMILES string of the molecule is CCOc1cccc2c1[nH]c(=S)n2C(CC)CC. The zero-order valence-electron chi connectivity index (χ0n) is 11.2. The number of nitrogens with one attached hydrogen (secondary N) is 1. The van der Waals surface area contributed by atoms with Crippen LogP contribution in [0.5, 0.6) is 5.75 Å². The molecule has 0 fully saturated rings. The van der Waals surface area contributed by atoms with Crippen molar-refractivity contribution in [1.29, 1.82) is 0 Å². The first kappa shape index (κ1) is 13.1. The first-order chi connectivity index (χ1) is 8.72. The van der Waals surface area contributed by atoms with E-state index in [1.54, 1.807) is 0 Å². The summed E-state index contributed by atoms with van der Waals surface area (Å²) in [6.07, 6.45) is 2.16. The Bertz CT molecular complexity index is 581. The van der Waals surface area contributed by atoms with E-state index in [4.69, 9.17) is 17.0 Å². The number of benzene rings is 1. The van der Waals surface area contributed by atoms with Crippen molar-refractivity contribution in [3.63, 3.8) is 0 Å². The molecule has 1 aromatic carbocycles. The summed E-state index contributed by atoms with van der Waals surface area (Å²) in [5.41, 5.74) is 2.15. The molecule has 4 heteroatoms. The first-order valence-electron chi connectivity index (χ1n) is 6.58. The standard InChI is InChI=1S/C14H20N2OS/c1-4-10(5-2)16-11-8-7-9-12(17-6-3)13(11)15-14(16)18/h7-10H,4-6H2,1-3H3,(H,15,18). The summed E-state index contributed by atoms with van der Waals surface area (Å²) >= 11 is 5.46. The zero-order valence-corrected chi connectivity index (χ0v) is 12.0. The van der Waals surface area contributed by atoms with Gasteiger partial charge in [0.1, 0.15) is 11.3 Å². The molecule has 0 atom stereocenters. The number of hydrogen-bond donors (Lipinski definition) is 1. The molecule has 0 unspecified atom stereocenters. The number of fused-ring (bicyclic) bond motifs is 1. The molecular weight excluding hydrogens is 244 g/mol. The fourth-order valence-corrected chi connectivity index (χ4v) is 2.76. The number of ether oxygens (including phenoxy) is 1. The van der Waals surface area contributed by atoms with Gasteiger partial charge in [0.2, 0.25) is 0 Å². The van der Waals surface area contributed by atoms with Crippen LogP contribution in [-0.4, -0.2) is 16.2 Å². The second kappa shape index (κ2) is 5.57. The van der Waals surface area contributed by atoms with E-state index in [0.717, 1.165) is 34.4 Å². The maximum atomic E-state index is 5.64. The van der Waals surface area contributed by atoms with Crippen molar-refractivity contribution < 1.29 is 4.74 Å². The monoisotopic (exact) mass is 264 g/mol. The molecule has 18 heavy (non-hydrogen) atoms. The Morgan fingerprint density at radius 1 is 1.28 bits per heavy atom. The molecule has 0 aliphatic carbocycles. The van der Waals surface area contributed by atoms with Gasteiger partial charge in [-0.2, -0.15) is 0 Å². The number of hydrogen-bond acceptors (Lipinski definition) is 2. The molecule has 1 N–H and O–H groups in total. The van der Waals surface area contributed by atoms with E-state index in [1.165, 1.54) is 0 Å². The number of aromatic nitrogens is 2. The van der Waals surface area contributed by atoms with Gasteiger partial charge in [-0.15, -0.1) is 0 Å². The number of H-pyrrole nitrogens is 1. The largest absolute Gasteiger partial charge is 0.492 e. The van der Waals surface area contributed by atoms with Crippen molar-refractivity contribution in [2.24, 2.45) is 0 Å². The van der Waals surface area contributed by atoms with Crippen LogP contribution in [0.3, 0.4) is 0 Å². The van der Waals surface area contributed by atoms with Gasteiger partial charge in [0.05, 0.1) is 12.1 Å². The van der Waals surface area contributed by atoms with Crippen LogP contribution in [0, 0.1) is 4.77 Å². The minimum Gasteiger partial charge on any atom is -0.492 e. The topological polar surface area (TPSA) is 29.9 Å². The average Bonchev–Trinajstić information content (AvgIpc) is 2.70. The Hall–Kier alpha value is -1.29. The van der Waals surface area contributed by atoms with Gasteiger partial charge in [0.15, 0.2) is 4.77 Å². The second-order valence-electron chi connectivity index (χ2n) is 4.35. The molecule has 0 aliphatic rings. The predicted molar refractivity (Wildman–Crippen MR) is 77.9 cm³/mol. The highest BCUT2D eigenvalue weighted by Gasteiger charge is 2.14. The normalized spacial score (nSPS) is 11.3. The second-order valence-corrected chi connectivity index (χ2v) is 4.74. The molecule has 0 bridgehead atoms. The number of nitrogens with zero attached hydrogens (tertiary/aromatic N) is 1. The highest BCUT2D eigenvalue weighted by Crippen LogP contribution is 2.29. The first-order valence-corrected chi connectivity index (χ1v) is 6.99. The van der Waals surface area contributed by atoms with Crippen molar-refractivity contribution >= 4 is 23.3 Å². The van der Waals surface area contributed by atoms with Crippen LogP contribution in [0.25, 0.3) is 11.0 Å². The molecule has 0 saturated heterocycles. The zero-order chi connectivity index (χ0) is 13.1. The van der Waals surface area contributed by atoms with Gasteiger partial charge >= 0.3 is 0 Å². The Morgan fingerprint density at radius 2 is 2.00 bits per heavy atom. The van der Waals surface area contributed by atoms with Crippen molar-refractivity contribution in [2.45, 2.75) is 39.7 Å². The number of imidazole rings is 1. The van der Waals surface area contributed by atoms with Crippen molar-refractivity contribution in [3.8, 4) is 5.75 Å².